The Bertz CT molecular complexity index is 273. The van der Waals surface area contributed by atoms with Gasteiger partial charge in [0.15, 0.2) is 0 Å². The Morgan fingerprint density at radius 3 is 1.55 bits per heavy atom. The number of nitro groups is 1. The summed E-state index contributed by atoms with van der Waals surface area (Å²) < 4.78 is 0. The van der Waals surface area contributed by atoms with Gasteiger partial charge in [-0.3, -0.25) is 10.1 Å². The van der Waals surface area contributed by atoms with Gasteiger partial charge in [0.2, 0.25) is 0 Å². The molecule has 0 aliphatic carbocycles. The van der Waals surface area contributed by atoms with Crippen LogP contribution in [0.4, 0.5) is 0 Å². The second-order valence-electron chi connectivity index (χ2n) is 5.80. The zero-order chi connectivity index (χ0) is 15.9. The van der Waals surface area contributed by atoms with Crippen molar-refractivity contribution < 1.29 is 44.4 Å². The molecule has 0 aromatic heterocycles. The Morgan fingerprint density at radius 1 is 0.864 bits per heavy atom. The Morgan fingerprint density at radius 2 is 1.23 bits per heavy atom. The number of hydrogen-bond donors (Lipinski definition) is 0. The van der Waals surface area contributed by atoms with Crippen molar-refractivity contribution in [2.24, 2.45) is 0 Å². The van der Waals surface area contributed by atoms with E-state index in [1.807, 2.05) is 0 Å². The SMILES string of the molecule is CCCCCCCCCCCCCCC(C(=O)[O-])[N+](=O)[O-].[Na+]. The minimum atomic E-state index is -1.57. The first-order valence-electron chi connectivity index (χ1n) is 8.44. The van der Waals surface area contributed by atoms with E-state index in [2.05, 4.69) is 6.92 Å². The largest absolute Gasteiger partial charge is 1.00 e. The fourth-order valence-electron chi connectivity index (χ4n) is 2.49. The van der Waals surface area contributed by atoms with Crippen molar-refractivity contribution in [2.45, 2.75) is 96.4 Å². The molecule has 1 atom stereocenters. The summed E-state index contributed by atoms with van der Waals surface area (Å²) in [6.07, 6.45) is 14.2. The molecule has 0 rings (SSSR count). The van der Waals surface area contributed by atoms with Gasteiger partial charge in [-0.1, -0.05) is 77.6 Å². The Hall–Kier alpha value is -0.130. The summed E-state index contributed by atoms with van der Waals surface area (Å²) in [6, 6.07) is -1.53. The topological polar surface area (TPSA) is 83.3 Å². The molecule has 6 heteroatoms. The van der Waals surface area contributed by atoms with Crippen LogP contribution in [0.1, 0.15) is 90.4 Å². The maximum absolute atomic E-state index is 10.5. The molecule has 0 radical (unpaired) electrons. The molecule has 0 saturated heterocycles. The molecular weight excluding hydrogens is 293 g/mol. The molecule has 5 nitrogen and oxygen atoms in total. The quantitative estimate of drug-likeness (QED) is 0.190. The van der Waals surface area contributed by atoms with E-state index in [1.54, 1.807) is 0 Å². The maximum atomic E-state index is 10.5. The fourth-order valence-corrected chi connectivity index (χ4v) is 2.49. The maximum Gasteiger partial charge on any atom is 1.00 e. The number of carboxylic acid groups (broad SMARTS) is 1. The normalized spacial score (nSPS) is 11.7. The van der Waals surface area contributed by atoms with Gasteiger partial charge in [-0.05, 0) is 6.42 Å². The molecule has 0 aromatic rings. The van der Waals surface area contributed by atoms with Gasteiger partial charge in [-0.15, -0.1) is 0 Å². The van der Waals surface area contributed by atoms with Crippen LogP contribution in [0.25, 0.3) is 0 Å². The van der Waals surface area contributed by atoms with Gasteiger partial charge in [-0.25, -0.2) is 0 Å². The van der Waals surface area contributed by atoms with Gasteiger partial charge in [0, 0.05) is 11.3 Å². The summed E-state index contributed by atoms with van der Waals surface area (Å²) in [4.78, 5) is 20.2. The zero-order valence-electron chi connectivity index (χ0n) is 14.3. The number of carboxylic acids is 1. The Balaban J connectivity index is 0. The van der Waals surface area contributed by atoms with Crippen molar-refractivity contribution in [3.05, 3.63) is 10.1 Å². The smallest absolute Gasteiger partial charge is 0.543 e. The van der Waals surface area contributed by atoms with E-state index in [4.69, 9.17) is 0 Å². The van der Waals surface area contributed by atoms with Crippen LogP contribution in [0, 0.1) is 10.1 Å². The molecule has 0 aliphatic heterocycles. The molecule has 0 heterocycles. The Labute approximate surface area is 156 Å². The van der Waals surface area contributed by atoms with Crippen LogP contribution in [-0.2, 0) is 4.79 Å². The van der Waals surface area contributed by atoms with Crippen LogP contribution in [0.5, 0.6) is 0 Å². The van der Waals surface area contributed by atoms with E-state index in [0.717, 1.165) is 19.3 Å². The van der Waals surface area contributed by atoms with Crippen molar-refractivity contribution in [1.82, 2.24) is 0 Å². The number of aliphatic carboxylic acids is 1. The molecule has 124 valence electrons. The van der Waals surface area contributed by atoms with Gasteiger partial charge in [0.25, 0.3) is 6.04 Å². The number of unbranched alkanes of at least 4 members (excludes halogenated alkanes) is 11. The Kier molecular flexibility index (Phi) is 18.9. The van der Waals surface area contributed by atoms with Gasteiger partial charge in [0.05, 0.1) is 0 Å². The second kappa shape index (κ2) is 17.2. The molecule has 0 aromatic carbocycles. The van der Waals surface area contributed by atoms with Crippen LogP contribution in [0.3, 0.4) is 0 Å². The van der Waals surface area contributed by atoms with Crippen LogP contribution >= 0.6 is 0 Å². The fraction of sp³-hybridized carbons (Fsp3) is 0.938. The third-order valence-electron chi connectivity index (χ3n) is 3.86. The molecule has 0 saturated carbocycles. The summed E-state index contributed by atoms with van der Waals surface area (Å²) in [6.45, 7) is 2.22. The molecule has 0 amide bonds. The van der Waals surface area contributed by atoms with E-state index in [1.165, 1.54) is 51.4 Å². The summed E-state index contributed by atoms with van der Waals surface area (Å²) in [5.74, 6) is -1.57. The summed E-state index contributed by atoms with van der Waals surface area (Å²) in [5.41, 5.74) is 0. The molecule has 0 spiro atoms. The molecule has 22 heavy (non-hydrogen) atoms. The molecule has 1 unspecified atom stereocenters. The van der Waals surface area contributed by atoms with Crippen LogP contribution in [0.2, 0.25) is 0 Å². The number of carbonyl (C=O) groups excluding carboxylic acids is 1. The van der Waals surface area contributed by atoms with E-state index in [0.29, 0.717) is 6.42 Å². The predicted molar refractivity (Wildman–Crippen MR) is 81.5 cm³/mol. The van der Waals surface area contributed by atoms with Crippen molar-refractivity contribution in [2.75, 3.05) is 0 Å². The molecule has 0 aliphatic rings. The summed E-state index contributed by atoms with van der Waals surface area (Å²) >= 11 is 0. The van der Waals surface area contributed by atoms with E-state index < -0.39 is 16.9 Å². The summed E-state index contributed by atoms with van der Waals surface area (Å²) in [5, 5.41) is 21.0. The average Bonchev–Trinajstić information content (AvgIpc) is 2.43. The monoisotopic (exact) mass is 323 g/mol. The number of nitrogens with zero attached hydrogens (tertiary/aromatic N) is 1. The van der Waals surface area contributed by atoms with Crippen LogP contribution < -0.4 is 34.7 Å². The van der Waals surface area contributed by atoms with Gasteiger partial charge >= 0.3 is 29.6 Å². The molecule has 0 bridgehead atoms. The van der Waals surface area contributed by atoms with Gasteiger partial charge in [0.1, 0.15) is 5.97 Å². The standard InChI is InChI=1S/C16H31NO4.Na/c1-2-3-4-5-6-7-8-9-10-11-12-13-14-15(16(18)19)17(20)21;/h15H,2-14H2,1H3,(H,18,19);/q;+1/p-1. The third-order valence-corrected chi connectivity index (χ3v) is 3.86. The first kappa shape index (κ1) is 24.1. The number of carbonyl (C=O) groups is 1. The summed E-state index contributed by atoms with van der Waals surface area (Å²) in [7, 11) is 0. The third kappa shape index (κ3) is 14.8. The van der Waals surface area contributed by atoms with Crippen molar-refractivity contribution >= 4 is 5.97 Å². The number of rotatable bonds is 15. The minimum absolute atomic E-state index is 0. The van der Waals surface area contributed by atoms with Gasteiger partial charge in [-0.2, -0.15) is 0 Å². The number of hydrogen-bond acceptors (Lipinski definition) is 4. The van der Waals surface area contributed by atoms with E-state index >= 15 is 0 Å². The van der Waals surface area contributed by atoms with Crippen molar-refractivity contribution in [3.8, 4) is 0 Å². The predicted octanol–water partition coefficient (Wildman–Crippen LogP) is 0.477. The zero-order valence-corrected chi connectivity index (χ0v) is 16.3. The van der Waals surface area contributed by atoms with Crippen LogP contribution in [-0.4, -0.2) is 16.9 Å². The second-order valence-corrected chi connectivity index (χ2v) is 5.80. The van der Waals surface area contributed by atoms with E-state index in [-0.39, 0.29) is 36.0 Å². The molecule has 0 N–H and O–H groups in total. The minimum Gasteiger partial charge on any atom is -0.543 e. The average molecular weight is 323 g/mol. The van der Waals surface area contributed by atoms with E-state index in [9.17, 15) is 20.0 Å². The van der Waals surface area contributed by atoms with Crippen LogP contribution in [0.15, 0.2) is 0 Å². The molecule has 0 fully saturated rings. The van der Waals surface area contributed by atoms with Crippen molar-refractivity contribution in [3.63, 3.8) is 0 Å². The van der Waals surface area contributed by atoms with Crippen molar-refractivity contribution in [1.29, 1.82) is 0 Å². The first-order chi connectivity index (χ1) is 10.1. The molecular formula is C16H30NNaO4. The van der Waals surface area contributed by atoms with Gasteiger partial charge < -0.3 is 9.90 Å². The first-order valence-corrected chi connectivity index (χ1v) is 8.44.